The van der Waals surface area contributed by atoms with Crippen LogP contribution in [0.5, 0.6) is 17.2 Å². The molecule has 0 aliphatic heterocycles. The van der Waals surface area contributed by atoms with Crippen molar-refractivity contribution >= 4 is 17.5 Å². The minimum absolute atomic E-state index is 0.0616. The van der Waals surface area contributed by atoms with E-state index in [2.05, 4.69) is 0 Å². The van der Waals surface area contributed by atoms with E-state index in [1.54, 1.807) is 43.4 Å². The Morgan fingerprint density at radius 3 is 1.60 bits per heavy atom. The van der Waals surface area contributed by atoms with Crippen LogP contribution in [0.3, 0.4) is 0 Å². The number of hydrogen-bond donors (Lipinski definition) is 0. The molecule has 5 nitrogen and oxygen atoms in total. The predicted molar refractivity (Wildman–Crippen MR) is 117 cm³/mol. The lowest BCUT2D eigenvalue weighted by molar-refractivity contribution is -0.134. The van der Waals surface area contributed by atoms with E-state index in [1.165, 1.54) is 0 Å². The van der Waals surface area contributed by atoms with E-state index in [9.17, 15) is 4.79 Å². The molecule has 0 saturated carbocycles. The molecule has 3 aromatic rings. The van der Waals surface area contributed by atoms with Crippen molar-refractivity contribution in [1.82, 2.24) is 4.90 Å². The Kier molecular flexibility index (Phi) is 7.57. The first kappa shape index (κ1) is 21.5. The topological polar surface area (TPSA) is 48.0 Å². The van der Waals surface area contributed by atoms with Crippen molar-refractivity contribution < 1.29 is 19.0 Å². The first-order chi connectivity index (χ1) is 14.6. The SMILES string of the molecule is COc1ccc(CN(Cc2ccc(OC)cc2)C(=O)COc2ccc(Cl)cc2)cc1. The van der Waals surface area contributed by atoms with Gasteiger partial charge < -0.3 is 19.1 Å². The molecule has 6 heteroatoms. The highest BCUT2D eigenvalue weighted by atomic mass is 35.5. The van der Waals surface area contributed by atoms with Crippen LogP contribution in [0.2, 0.25) is 5.02 Å². The summed E-state index contributed by atoms with van der Waals surface area (Å²) in [6.07, 6.45) is 0. The maximum Gasteiger partial charge on any atom is 0.261 e. The van der Waals surface area contributed by atoms with Gasteiger partial charge in [-0.2, -0.15) is 0 Å². The van der Waals surface area contributed by atoms with Crippen LogP contribution >= 0.6 is 11.6 Å². The molecule has 0 spiro atoms. The number of amides is 1. The van der Waals surface area contributed by atoms with Crippen LogP contribution in [0, 0.1) is 0 Å². The number of carbonyl (C=O) groups is 1. The fourth-order valence-electron chi connectivity index (χ4n) is 2.90. The Balaban J connectivity index is 1.72. The highest BCUT2D eigenvalue weighted by Crippen LogP contribution is 2.19. The summed E-state index contributed by atoms with van der Waals surface area (Å²) in [6, 6.07) is 22.3. The van der Waals surface area contributed by atoms with Crippen molar-refractivity contribution in [2.45, 2.75) is 13.1 Å². The standard InChI is InChI=1S/C24H24ClNO4/c1-28-21-9-3-18(4-10-21)15-26(16-19-5-11-22(29-2)12-6-19)24(27)17-30-23-13-7-20(25)8-14-23/h3-14H,15-17H2,1-2H3. The minimum atomic E-state index is -0.114. The summed E-state index contributed by atoms with van der Waals surface area (Å²) in [7, 11) is 3.26. The van der Waals surface area contributed by atoms with Crippen molar-refractivity contribution in [3.8, 4) is 17.2 Å². The molecular formula is C24H24ClNO4. The molecule has 0 aliphatic rings. The average molecular weight is 426 g/mol. The number of nitrogens with zero attached hydrogens (tertiary/aromatic N) is 1. The zero-order valence-electron chi connectivity index (χ0n) is 17.0. The molecule has 3 rings (SSSR count). The summed E-state index contributed by atoms with van der Waals surface area (Å²) < 4.78 is 16.1. The summed E-state index contributed by atoms with van der Waals surface area (Å²) in [5, 5.41) is 0.620. The third-order valence-corrected chi connectivity index (χ3v) is 4.85. The molecule has 0 radical (unpaired) electrons. The number of benzene rings is 3. The molecule has 0 saturated heterocycles. The van der Waals surface area contributed by atoms with Crippen LogP contribution in [-0.4, -0.2) is 31.6 Å². The molecule has 30 heavy (non-hydrogen) atoms. The molecule has 1 amide bonds. The van der Waals surface area contributed by atoms with E-state index in [4.69, 9.17) is 25.8 Å². The molecule has 0 unspecified atom stereocenters. The molecule has 0 bridgehead atoms. The molecule has 3 aromatic carbocycles. The van der Waals surface area contributed by atoms with Crippen LogP contribution < -0.4 is 14.2 Å². The molecular weight excluding hydrogens is 402 g/mol. The fourth-order valence-corrected chi connectivity index (χ4v) is 3.03. The molecule has 0 heterocycles. The summed E-state index contributed by atoms with van der Waals surface area (Å²) in [4.78, 5) is 14.7. The Labute approximate surface area is 181 Å². The number of halogens is 1. The molecule has 0 N–H and O–H groups in total. The van der Waals surface area contributed by atoms with Gasteiger partial charge in [-0.05, 0) is 59.7 Å². The lowest BCUT2D eigenvalue weighted by Crippen LogP contribution is -2.34. The van der Waals surface area contributed by atoms with Gasteiger partial charge in [-0.1, -0.05) is 35.9 Å². The largest absolute Gasteiger partial charge is 0.497 e. The van der Waals surface area contributed by atoms with Crippen molar-refractivity contribution in [3.05, 3.63) is 88.9 Å². The van der Waals surface area contributed by atoms with Gasteiger partial charge in [0.05, 0.1) is 14.2 Å². The maximum absolute atomic E-state index is 13.0. The van der Waals surface area contributed by atoms with Crippen LogP contribution in [0.4, 0.5) is 0 Å². The second kappa shape index (κ2) is 10.6. The predicted octanol–water partition coefficient (Wildman–Crippen LogP) is 4.97. The fraction of sp³-hybridized carbons (Fsp3) is 0.208. The van der Waals surface area contributed by atoms with Gasteiger partial charge >= 0.3 is 0 Å². The van der Waals surface area contributed by atoms with E-state index >= 15 is 0 Å². The van der Waals surface area contributed by atoms with E-state index in [-0.39, 0.29) is 12.5 Å². The Morgan fingerprint density at radius 2 is 1.17 bits per heavy atom. The lowest BCUT2D eigenvalue weighted by Gasteiger charge is -2.23. The average Bonchev–Trinajstić information content (AvgIpc) is 2.79. The van der Waals surface area contributed by atoms with Gasteiger partial charge in [-0.25, -0.2) is 0 Å². The number of rotatable bonds is 9. The summed E-state index contributed by atoms with van der Waals surface area (Å²) in [5.74, 6) is 2.04. The summed E-state index contributed by atoms with van der Waals surface area (Å²) in [6.45, 7) is 0.853. The van der Waals surface area contributed by atoms with Crippen LogP contribution in [-0.2, 0) is 17.9 Å². The molecule has 0 aromatic heterocycles. The maximum atomic E-state index is 13.0. The zero-order chi connectivity index (χ0) is 21.3. The molecule has 0 atom stereocenters. The first-order valence-corrected chi connectivity index (χ1v) is 9.87. The smallest absolute Gasteiger partial charge is 0.261 e. The van der Waals surface area contributed by atoms with Gasteiger partial charge in [0, 0.05) is 18.1 Å². The Morgan fingerprint density at radius 1 is 0.733 bits per heavy atom. The number of methoxy groups -OCH3 is 2. The van der Waals surface area contributed by atoms with E-state index in [0.29, 0.717) is 23.9 Å². The van der Waals surface area contributed by atoms with Gasteiger partial charge in [0.15, 0.2) is 6.61 Å². The summed E-state index contributed by atoms with van der Waals surface area (Å²) in [5.41, 5.74) is 2.01. The lowest BCUT2D eigenvalue weighted by atomic mass is 10.1. The van der Waals surface area contributed by atoms with Crippen LogP contribution in [0.1, 0.15) is 11.1 Å². The van der Waals surface area contributed by atoms with E-state index in [1.807, 2.05) is 48.5 Å². The third kappa shape index (κ3) is 6.16. The number of hydrogen-bond acceptors (Lipinski definition) is 4. The second-order valence-corrected chi connectivity index (χ2v) is 7.12. The first-order valence-electron chi connectivity index (χ1n) is 9.49. The van der Waals surface area contributed by atoms with E-state index in [0.717, 1.165) is 22.6 Å². The second-order valence-electron chi connectivity index (χ2n) is 6.69. The quantitative estimate of drug-likeness (QED) is 0.486. The summed E-state index contributed by atoms with van der Waals surface area (Å²) >= 11 is 5.90. The molecule has 0 aliphatic carbocycles. The van der Waals surface area contributed by atoms with Gasteiger partial charge in [-0.3, -0.25) is 4.79 Å². The van der Waals surface area contributed by atoms with Gasteiger partial charge in [-0.15, -0.1) is 0 Å². The number of ether oxygens (including phenoxy) is 3. The normalized spacial score (nSPS) is 10.4. The molecule has 0 fully saturated rings. The Bertz CT molecular complexity index is 891. The van der Waals surface area contributed by atoms with Crippen molar-refractivity contribution in [1.29, 1.82) is 0 Å². The van der Waals surface area contributed by atoms with E-state index < -0.39 is 0 Å². The van der Waals surface area contributed by atoms with Crippen molar-refractivity contribution in [2.75, 3.05) is 20.8 Å². The third-order valence-electron chi connectivity index (χ3n) is 4.59. The highest BCUT2D eigenvalue weighted by molar-refractivity contribution is 6.30. The van der Waals surface area contributed by atoms with Crippen LogP contribution in [0.25, 0.3) is 0 Å². The highest BCUT2D eigenvalue weighted by Gasteiger charge is 2.16. The number of carbonyl (C=O) groups excluding carboxylic acids is 1. The van der Waals surface area contributed by atoms with Crippen molar-refractivity contribution in [2.24, 2.45) is 0 Å². The minimum Gasteiger partial charge on any atom is -0.497 e. The zero-order valence-corrected chi connectivity index (χ0v) is 17.8. The van der Waals surface area contributed by atoms with Gasteiger partial charge in [0.25, 0.3) is 5.91 Å². The molecule has 156 valence electrons. The van der Waals surface area contributed by atoms with Crippen molar-refractivity contribution in [3.63, 3.8) is 0 Å². The van der Waals surface area contributed by atoms with Gasteiger partial charge in [0.1, 0.15) is 17.2 Å². The van der Waals surface area contributed by atoms with Gasteiger partial charge in [0.2, 0.25) is 0 Å². The Hall–Kier alpha value is -3.18. The monoisotopic (exact) mass is 425 g/mol. The van der Waals surface area contributed by atoms with Crippen LogP contribution in [0.15, 0.2) is 72.8 Å².